The number of hydrogen-bond acceptors (Lipinski definition) is 5. The van der Waals surface area contributed by atoms with Crippen molar-refractivity contribution in [3.05, 3.63) is 47.2 Å². The summed E-state index contributed by atoms with van der Waals surface area (Å²) >= 11 is 6.30. The van der Waals surface area contributed by atoms with Gasteiger partial charge in [-0.2, -0.15) is 0 Å². The SMILES string of the molecule is O=CN1CCN(c2ncnc3c(F)c(-c4c(O)cccc4F)c(Cl)cc23)CC1. The highest BCUT2D eigenvalue weighted by molar-refractivity contribution is 6.34. The molecule has 0 spiro atoms. The molecular formula is C19H15ClF2N4O2. The van der Waals surface area contributed by atoms with Crippen LogP contribution < -0.4 is 4.90 Å². The predicted octanol–water partition coefficient (Wildman–Crippen LogP) is 3.21. The van der Waals surface area contributed by atoms with Crippen molar-refractivity contribution in [1.29, 1.82) is 0 Å². The lowest BCUT2D eigenvalue weighted by Crippen LogP contribution is -2.46. The number of benzene rings is 2. The lowest BCUT2D eigenvalue weighted by molar-refractivity contribution is -0.118. The maximum absolute atomic E-state index is 15.3. The van der Waals surface area contributed by atoms with Gasteiger partial charge in [0.15, 0.2) is 5.82 Å². The summed E-state index contributed by atoms with van der Waals surface area (Å²) < 4.78 is 29.6. The number of piperazine rings is 1. The number of aromatic nitrogens is 2. The van der Waals surface area contributed by atoms with Gasteiger partial charge in [-0.05, 0) is 18.2 Å². The Bertz CT molecular complexity index is 1050. The van der Waals surface area contributed by atoms with Crippen LogP contribution in [0.25, 0.3) is 22.0 Å². The number of fused-ring (bicyclic) bond motifs is 1. The van der Waals surface area contributed by atoms with Crippen LogP contribution in [0.4, 0.5) is 14.6 Å². The number of nitrogens with zero attached hydrogens (tertiary/aromatic N) is 4. The van der Waals surface area contributed by atoms with Gasteiger partial charge in [-0.3, -0.25) is 4.79 Å². The molecule has 1 aromatic heterocycles. The van der Waals surface area contributed by atoms with Gasteiger partial charge < -0.3 is 14.9 Å². The predicted molar refractivity (Wildman–Crippen MR) is 101 cm³/mol. The van der Waals surface area contributed by atoms with Crippen molar-refractivity contribution in [3.8, 4) is 16.9 Å². The fourth-order valence-electron chi connectivity index (χ4n) is 3.40. The molecule has 1 N–H and O–H groups in total. The molecule has 1 aliphatic rings. The third-order valence-corrected chi connectivity index (χ3v) is 5.10. The first kappa shape index (κ1) is 18.4. The van der Waals surface area contributed by atoms with Gasteiger partial charge in [0.2, 0.25) is 6.41 Å². The van der Waals surface area contributed by atoms with E-state index in [1.165, 1.54) is 24.5 Å². The molecule has 6 nitrogen and oxygen atoms in total. The topological polar surface area (TPSA) is 69.6 Å². The fraction of sp³-hybridized carbons (Fsp3) is 0.211. The van der Waals surface area contributed by atoms with E-state index in [-0.39, 0.29) is 21.7 Å². The van der Waals surface area contributed by atoms with Gasteiger partial charge in [-0.25, -0.2) is 18.7 Å². The third kappa shape index (κ3) is 2.99. The van der Waals surface area contributed by atoms with E-state index in [2.05, 4.69) is 9.97 Å². The average molecular weight is 405 g/mol. The highest BCUT2D eigenvalue weighted by Gasteiger charge is 2.25. The molecule has 1 saturated heterocycles. The van der Waals surface area contributed by atoms with E-state index in [4.69, 9.17) is 11.6 Å². The Balaban J connectivity index is 1.87. The van der Waals surface area contributed by atoms with Crippen LogP contribution in [-0.2, 0) is 4.79 Å². The molecule has 0 unspecified atom stereocenters. The molecule has 9 heteroatoms. The van der Waals surface area contributed by atoms with Crippen molar-refractivity contribution < 1.29 is 18.7 Å². The van der Waals surface area contributed by atoms with E-state index in [0.717, 1.165) is 12.5 Å². The summed E-state index contributed by atoms with van der Waals surface area (Å²) in [6, 6.07) is 5.17. The van der Waals surface area contributed by atoms with E-state index in [9.17, 15) is 14.3 Å². The van der Waals surface area contributed by atoms with Crippen LogP contribution in [0.2, 0.25) is 5.02 Å². The van der Waals surface area contributed by atoms with Gasteiger partial charge in [0.1, 0.15) is 29.2 Å². The molecule has 1 amide bonds. The van der Waals surface area contributed by atoms with E-state index >= 15 is 4.39 Å². The zero-order chi connectivity index (χ0) is 19.8. The van der Waals surface area contributed by atoms with Gasteiger partial charge in [-0.1, -0.05) is 17.7 Å². The Labute approximate surface area is 164 Å². The van der Waals surface area contributed by atoms with Gasteiger partial charge in [0.05, 0.1) is 10.6 Å². The van der Waals surface area contributed by atoms with Crippen LogP contribution in [-0.4, -0.2) is 52.6 Å². The largest absolute Gasteiger partial charge is 0.507 e. The highest BCUT2D eigenvalue weighted by atomic mass is 35.5. The first-order valence-electron chi connectivity index (χ1n) is 8.56. The number of halogens is 3. The van der Waals surface area contributed by atoms with Gasteiger partial charge in [0, 0.05) is 37.1 Å². The first-order valence-corrected chi connectivity index (χ1v) is 8.94. The monoisotopic (exact) mass is 404 g/mol. The molecular weight excluding hydrogens is 390 g/mol. The first-order chi connectivity index (χ1) is 13.5. The molecule has 4 rings (SSSR count). The summed E-state index contributed by atoms with van der Waals surface area (Å²) in [5, 5.41) is 10.3. The number of amides is 1. The Morgan fingerprint density at radius 3 is 2.54 bits per heavy atom. The van der Waals surface area contributed by atoms with Crippen molar-refractivity contribution >= 4 is 34.7 Å². The average Bonchev–Trinajstić information content (AvgIpc) is 2.70. The number of rotatable bonds is 3. The lowest BCUT2D eigenvalue weighted by atomic mass is 10.0. The maximum Gasteiger partial charge on any atom is 0.209 e. The number of anilines is 1. The fourth-order valence-corrected chi connectivity index (χ4v) is 3.68. The van der Waals surface area contributed by atoms with Crippen molar-refractivity contribution in [1.82, 2.24) is 14.9 Å². The maximum atomic E-state index is 15.3. The number of hydrogen-bond donors (Lipinski definition) is 1. The second-order valence-corrected chi connectivity index (χ2v) is 6.81. The molecule has 0 aliphatic carbocycles. The Kier molecular flexibility index (Phi) is 4.72. The van der Waals surface area contributed by atoms with E-state index in [1.807, 2.05) is 4.90 Å². The zero-order valence-corrected chi connectivity index (χ0v) is 15.3. The van der Waals surface area contributed by atoms with Crippen LogP contribution >= 0.6 is 11.6 Å². The Morgan fingerprint density at radius 2 is 1.86 bits per heavy atom. The quantitative estimate of drug-likeness (QED) is 0.679. The number of phenols is 1. The minimum atomic E-state index is -0.835. The van der Waals surface area contributed by atoms with Crippen molar-refractivity contribution in [2.45, 2.75) is 0 Å². The summed E-state index contributed by atoms with van der Waals surface area (Å²) in [5.74, 6) is -1.56. The van der Waals surface area contributed by atoms with Crippen molar-refractivity contribution in [2.75, 3.05) is 31.1 Å². The zero-order valence-electron chi connectivity index (χ0n) is 14.6. The molecule has 2 aromatic carbocycles. The molecule has 2 heterocycles. The van der Waals surface area contributed by atoms with Gasteiger partial charge in [0.25, 0.3) is 0 Å². The molecule has 1 fully saturated rings. The number of carbonyl (C=O) groups is 1. The second-order valence-electron chi connectivity index (χ2n) is 6.40. The number of aromatic hydroxyl groups is 1. The van der Waals surface area contributed by atoms with E-state index in [1.54, 1.807) is 4.90 Å². The summed E-state index contributed by atoms with van der Waals surface area (Å²) in [6.45, 7) is 2.10. The smallest absolute Gasteiger partial charge is 0.209 e. The minimum Gasteiger partial charge on any atom is -0.507 e. The molecule has 0 atom stereocenters. The van der Waals surface area contributed by atoms with Crippen LogP contribution in [0.5, 0.6) is 5.75 Å². The summed E-state index contributed by atoms with van der Waals surface area (Å²) in [4.78, 5) is 22.7. The highest BCUT2D eigenvalue weighted by Crippen LogP contribution is 2.41. The molecule has 144 valence electrons. The Morgan fingerprint density at radius 1 is 1.11 bits per heavy atom. The molecule has 1 aliphatic heterocycles. The molecule has 0 saturated carbocycles. The third-order valence-electron chi connectivity index (χ3n) is 4.80. The molecule has 28 heavy (non-hydrogen) atoms. The second kappa shape index (κ2) is 7.20. The van der Waals surface area contributed by atoms with E-state index in [0.29, 0.717) is 37.4 Å². The van der Waals surface area contributed by atoms with E-state index < -0.39 is 17.4 Å². The standard InChI is InChI=1S/C19H15ClF2N4O2/c20-12-8-11-18(17(22)15(12)16-13(21)2-1-3-14(16)28)23-9-24-19(11)26-6-4-25(10-27)5-7-26/h1-3,8-10,28H,4-7H2. The molecule has 0 bridgehead atoms. The van der Waals surface area contributed by atoms with Crippen LogP contribution in [0.15, 0.2) is 30.6 Å². The van der Waals surface area contributed by atoms with Crippen molar-refractivity contribution in [2.24, 2.45) is 0 Å². The summed E-state index contributed by atoms with van der Waals surface area (Å²) in [6.07, 6.45) is 2.02. The summed E-state index contributed by atoms with van der Waals surface area (Å²) in [7, 11) is 0. The van der Waals surface area contributed by atoms with Crippen molar-refractivity contribution in [3.63, 3.8) is 0 Å². The number of carbonyl (C=O) groups excluding carboxylic acids is 1. The Hall–Kier alpha value is -3.00. The van der Waals surface area contributed by atoms with Crippen LogP contribution in [0.1, 0.15) is 0 Å². The van der Waals surface area contributed by atoms with Gasteiger partial charge in [-0.15, -0.1) is 0 Å². The van der Waals surface area contributed by atoms with Crippen LogP contribution in [0, 0.1) is 11.6 Å². The minimum absolute atomic E-state index is 0.0233. The van der Waals surface area contributed by atoms with Gasteiger partial charge >= 0.3 is 0 Å². The molecule has 3 aromatic rings. The lowest BCUT2D eigenvalue weighted by Gasteiger charge is -2.33. The summed E-state index contributed by atoms with van der Waals surface area (Å²) in [5.41, 5.74) is -0.586. The normalized spacial score (nSPS) is 14.5. The molecule has 0 radical (unpaired) electrons. The number of phenolic OH excluding ortho intramolecular Hbond substituents is 1. The van der Waals surface area contributed by atoms with Crippen LogP contribution in [0.3, 0.4) is 0 Å².